The summed E-state index contributed by atoms with van der Waals surface area (Å²) in [6, 6.07) is 0. The van der Waals surface area contributed by atoms with Gasteiger partial charge in [-0.3, -0.25) is 0 Å². The van der Waals surface area contributed by atoms with Crippen molar-refractivity contribution in [2.45, 2.75) is 59.0 Å². The summed E-state index contributed by atoms with van der Waals surface area (Å²) >= 11 is 0. The van der Waals surface area contributed by atoms with Gasteiger partial charge in [0.15, 0.2) is 0 Å². The normalized spacial score (nSPS) is 51.0. The molecule has 0 heterocycles. The van der Waals surface area contributed by atoms with Gasteiger partial charge >= 0.3 is 0 Å². The van der Waals surface area contributed by atoms with Crippen molar-refractivity contribution >= 4 is 0 Å². The van der Waals surface area contributed by atoms with E-state index in [4.69, 9.17) is 0 Å². The van der Waals surface area contributed by atoms with E-state index in [1.165, 1.54) is 25.7 Å². The molecule has 3 rings (SSSR count). The van der Waals surface area contributed by atoms with Gasteiger partial charge in [-0.05, 0) is 61.2 Å². The summed E-state index contributed by atoms with van der Waals surface area (Å²) < 4.78 is 0. The van der Waals surface area contributed by atoms with Gasteiger partial charge in [-0.1, -0.05) is 20.8 Å². The average molecular weight is 208 g/mol. The molecule has 0 aromatic rings. The van der Waals surface area contributed by atoms with Gasteiger partial charge in [0.1, 0.15) is 0 Å². The number of rotatable bonds is 2. The Hall–Kier alpha value is -0.0400. The predicted molar refractivity (Wildman–Crippen MR) is 61.4 cm³/mol. The second kappa shape index (κ2) is 2.45. The molecule has 0 radical (unpaired) electrons. The standard InChI is InChI=1S/C14H24O/c1-12(2)11(7-10-8-13(10,12)3)14(4,15)9-5-6-9/h9-11,15H,5-8H2,1-4H3. The van der Waals surface area contributed by atoms with Crippen LogP contribution in [0, 0.1) is 28.6 Å². The molecule has 0 spiro atoms. The van der Waals surface area contributed by atoms with Crippen LogP contribution in [0.2, 0.25) is 0 Å². The minimum absolute atomic E-state index is 0.337. The van der Waals surface area contributed by atoms with Gasteiger partial charge in [-0.25, -0.2) is 0 Å². The van der Waals surface area contributed by atoms with E-state index in [1.54, 1.807) is 0 Å². The lowest BCUT2D eigenvalue weighted by molar-refractivity contribution is -0.0754. The van der Waals surface area contributed by atoms with E-state index in [2.05, 4.69) is 27.7 Å². The van der Waals surface area contributed by atoms with E-state index in [9.17, 15) is 5.11 Å². The van der Waals surface area contributed by atoms with Crippen molar-refractivity contribution in [3.63, 3.8) is 0 Å². The fourth-order valence-corrected chi connectivity index (χ4v) is 4.48. The first-order valence-corrected chi connectivity index (χ1v) is 6.52. The van der Waals surface area contributed by atoms with Gasteiger partial charge in [-0.15, -0.1) is 0 Å². The number of aliphatic hydroxyl groups is 1. The van der Waals surface area contributed by atoms with Crippen LogP contribution in [0.3, 0.4) is 0 Å². The van der Waals surface area contributed by atoms with Crippen LogP contribution in [0.4, 0.5) is 0 Å². The first-order chi connectivity index (χ1) is 6.80. The number of hydrogen-bond acceptors (Lipinski definition) is 1. The second-order valence-electron chi connectivity index (χ2n) is 7.33. The molecule has 1 nitrogen and oxygen atoms in total. The molecule has 3 fully saturated rings. The molecule has 86 valence electrons. The molecule has 0 amide bonds. The zero-order chi connectivity index (χ0) is 11.1. The minimum Gasteiger partial charge on any atom is -0.390 e. The highest BCUT2D eigenvalue weighted by molar-refractivity contribution is 5.19. The molecule has 0 bridgehead atoms. The molecule has 4 unspecified atom stereocenters. The molecule has 0 aromatic heterocycles. The third-order valence-electron chi connectivity index (χ3n) is 6.38. The van der Waals surface area contributed by atoms with E-state index in [0.29, 0.717) is 22.7 Å². The first-order valence-electron chi connectivity index (χ1n) is 6.52. The van der Waals surface area contributed by atoms with Crippen molar-refractivity contribution in [2.24, 2.45) is 28.6 Å². The number of hydrogen-bond donors (Lipinski definition) is 1. The summed E-state index contributed by atoms with van der Waals surface area (Å²) in [6.07, 6.45) is 5.17. The van der Waals surface area contributed by atoms with Crippen molar-refractivity contribution in [3.05, 3.63) is 0 Å². The molecule has 1 N–H and O–H groups in total. The first kappa shape index (κ1) is 10.1. The lowest BCUT2D eigenvalue weighted by Crippen LogP contribution is -2.45. The monoisotopic (exact) mass is 208 g/mol. The van der Waals surface area contributed by atoms with Crippen LogP contribution in [0.15, 0.2) is 0 Å². The SMILES string of the molecule is CC(O)(C1CC1)C1CC2CC2(C)C1(C)C. The van der Waals surface area contributed by atoms with Gasteiger partial charge < -0.3 is 5.11 Å². The molecule has 3 aliphatic rings. The molecular weight excluding hydrogens is 184 g/mol. The summed E-state index contributed by atoms with van der Waals surface area (Å²) in [5.41, 5.74) is 0.486. The van der Waals surface area contributed by atoms with E-state index < -0.39 is 0 Å². The average Bonchev–Trinajstić information content (AvgIpc) is 2.93. The molecule has 0 aliphatic heterocycles. The summed E-state index contributed by atoms with van der Waals surface area (Å²) in [5, 5.41) is 10.7. The van der Waals surface area contributed by atoms with E-state index in [-0.39, 0.29) is 5.60 Å². The van der Waals surface area contributed by atoms with Crippen LogP contribution in [-0.4, -0.2) is 10.7 Å². The third kappa shape index (κ3) is 1.08. The van der Waals surface area contributed by atoms with E-state index >= 15 is 0 Å². The van der Waals surface area contributed by atoms with Gasteiger partial charge in [0.2, 0.25) is 0 Å². The van der Waals surface area contributed by atoms with Gasteiger partial charge in [0, 0.05) is 0 Å². The predicted octanol–water partition coefficient (Wildman–Crippen LogP) is 3.22. The van der Waals surface area contributed by atoms with Crippen LogP contribution < -0.4 is 0 Å². The maximum atomic E-state index is 10.7. The van der Waals surface area contributed by atoms with Crippen LogP contribution in [0.25, 0.3) is 0 Å². The Kier molecular flexibility index (Phi) is 1.65. The Bertz CT molecular complexity index is 300. The zero-order valence-electron chi connectivity index (χ0n) is 10.5. The van der Waals surface area contributed by atoms with Crippen LogP contribution in [0.1, 0.15) is 53.4 Å². The summed E-state index contributed by atoms with van der Waals surface area (Å²) in [7, 11) is 0. The summed E-state index contributed by atoms with van der Waals surface area (Å²) in [4.78, 5) is 0. The van der Waals surface area contributed by atoms with Crippen molar-refractivity contribution in [2.75, 3.05) is 0 Å². The maximum absolute atomic E-state index is 10.7. The smallest absolute Gasteiger partial charge is 0.0681 e. The van der Waals surface area contributed by atoms with Crippen LogP contribution >= 0.6 is 0 Å². The maximum Gasteiger partial charge on any atom is 0.0681 e. The van der Waals surface area contributed by atoms with E-state index in [0.717, 1.165) is 5.92 Å². The van der Waals surface area contributed by atoms with E-state index in [1.807, 2.05) is 0 Å². The topological polar surface area (TPSA) is 20.2 Å². The van der Waals surface area contributed by atoms with Crippen molar-refractivity contribution in [1.82, 2.24) is 0 Å². The number of fused-ring (bicyclic) bond motifs is 1. The molecule has 3 aliphatic carbocycles. The lowest BCUT2D eigenvalue weighted by Gasteiger charge is -2.44. The molecule has 15 heavy (non-hydrogen) atoms. The van der Waals surface area contributed by atoms with Crippen molar-refractivity contribution in [3.8, 4) is 0 Å². The Labute approximate surface area is 93.3 Å². The minimum atomic E-state index is -0.389. The largest absolute Gasteiger partial charge is 0.390 e. The quantitative estimate of drug-likeness (QED) is 0.738. The highest BCUT2D eigenvalue weighted by atomic mass is 16.3. The lowest BCUT2D eigenvalue weighted by atomic mass is 9.64. The van der Waals surface area contributed by atoms with Crippen molar-refractivity contribution in [1.29, 1.82) is 0 Å². The second-order valence-corrected chi connectivity index (χ2v) is 7.33. The molecule has 3 saturated carbocycles. The summed E-state index contributed by atoms with van der Waals surface area (Å²) in [6.45, 7) is 9.31. The van der Waals surface area contributed by atoms with Gasteiger partial charge in [0.05, 0.1) is 5.60 Å². The Balaban J connectivity index is 1.89. The Morgan fingerprint density at radius 3 is 2.20 bits per heavy atom. The van der Waals surface area contributed by atoms with Crippen LogP contribution in [-0.2, 0) is 0 Å². The Morgan fingerprint density at radius 1 is 1.20 bits per heavy atom. The molecule has 0 saturated heterocycles. The van der Waals surface area contributed by atoms with Crippen LogP contribution in [0.5, 0.6) is 0 Å². The molecule has 4 atom stereocenters. The fourth-order valence-electron chi connectivity index (χ4n) is 4.48. The van der Waals surface area contributed by atoms with Gasteiger partial charge in [0.25, 0.3) is 0 Å². The third-order valence-corrected chi connectivity index (χ3v) is 6.38. The highest BCUT2D eigenvalue weighted by Gasteiger charge is 2.71. The fraction of sp³-hybridized carbons (Fsp3) is 1.00. The zero-order valence-corrected chi connectivity index (χ0v) is 10.5. The Morgan fingerprint density at radius 2 is 1.80 bits per heavy atom. The van der Waals surface area contributed by atoms with Crippen molar-refractivity contribution < 1.29 is 5.11 Å². The molecule has 1 heteroatoms. The molecular formula is C14H24O. The summed E-state index contributed by atoms with van der Waals surface area (Å²) in [5.74, 6) is 2.03. The van der Waals surface area contributed by atoms with Gasteiger partial charge in [-0.2, -0.15) is 0 Å². The highest BCUT2D eigenvalue weighted by Crippen LogP contribution is 2.76. The molecule has 0 aromatic carbocycles.